The smallest absolute Gasteiger partial charge is 0.162 e. The molecule has 2 nitrogen and oxygen atoms in total. The zero-order valence-electron chi connectivity index (χ0n) is 11.1. The SMILES string of the molecule is O=C(/C=C(\O)C1CCCCC1)C1CCCCC1.[V]. The van der Waals surface area contributed by atoms with Gasteiger partial charge in [-0.2, -0.15) is 0 Å². The summed E-state index contributed by atoms with van der Waals surface area (Å²) in [6, 6.07) is 0. The van der Waals surface area contributed by atoms with Gasteiger partial charge in [0.05, 0.1) is 5.76 Å². The average Bonchev–Trinajstić information content (AvgIpc) is 2.40. The molecule has 0 amide bonds. The molecule has 0 heterocycles. The molecule has 1 N–H and O–H groups in total. The minimum Gasteiger partial charge on any atom is -0.512 e. The number of aliphatic hydroxyl groups is 1. The van der Waals surface area contributed by atoms with Crippen molar-refractivity contribution >= 4 is 5.78 Å². The topological polar surface area (TPSA) is 37.3 Å². The van der Waals surface area contributed by atoms with E-state index in [0.717, 1.165) is 25.7 Å². The molecule has 0 spiro atoms. The molecule has 0 aromatic carbocycles. The second kappa shape index (κ2) is 8.06. The van der Waals surface area contributed by atoms with E-state index in [-0.39, 0.29) is 36.2 Å². The van der Waals surface area contributed by atoms with Gasteiger partial charge in [-0.3, -0.25) is 4.79 Å². The number of hydrogen-bond donors (Lipinski definition) is 1. The minimum absolute atomic E-state index is 0. The van der Waals surface area contributed by atoms with Crippen molar-refractivity contribution in [1.82, 2.24) is 0 Å². The Balaban J connectivity index is 0.00000162. The van der Waals surface area contributed by atoms with Crippen LogP contribution in [0, 0.1) is 11.8 Å². The summed E-state index contributed by atoms with van der Waals surface area (Å²) >= 11 is 0. The van der Waals surface area contributed by atoms with Crippen molar-refractivity contribution in [3.8, 4) is 0 Å². The first-order chi connectivity index (χ1) is 8.27. The molecule has 18 heavy (non-hydrogen) atoms. The predicted molar refractivity (Wildman–Crippen MR) is 68.9 cm³/mol. The molecule has 0 aliphatic heterocycles. The molecule has 0 saturated heterocycles. The zero-order valence-corrected chi connectivity index (χ0v) is 12.5. The van der Waals surface area contributed by atoms with Gasteiger partial charge in [0.15, 0.2) is 5.78 Å². The fourth-order valence-electron chi connectivity index (χ4n) is 3.17. The van der Waals surface area contributed by atoms with Crippen molar-refractivity contribution < 1.29 is 28.5 Å². The summed E-state index contributed by atoms with van der Waals surface area (Å²) in [7, 11) is 0. The number of ketones is 1. The molecule has 2 fully saturated rings. The summed E-state index contributed by atoms with van der Waals surface area (Å²) in [6.07, 6.45) is 13.0. The van der Waals surface area contributed by atoms with Crippen molar-refractivity contribution in [3.63, 3.8) is 0 Å². The normalized spacial score (nSPS) is 23.4. The van der Waals surface area contributed by atoms with Crippen molar-refractivity contribution in [3.05, 3.63) is 11.8 Å². The summed E-state index contributed by atoms with van der Waals surface area (Å²) < 4.78 is 0. The van der Waals surface area contributed by atoms with Crippen LogP contribution < -0.4 is 0 Å². The second-order valence-electron chi connectivity index (χ2n) is 5.64. The molecular weight excluding hydrogens is 263 g/mol. The van der Waals surface area contributed by atoms with Gasteiger partial charge in [-0.25, -0.2) is 0 Å². The van der Waals surface area contributed by atoms with Gasteiger partial charge in [0.25, 0.3) is 0 Å². The third-order valence-corrected chi connectivity index (χ3v) is 4.32. The van der Waals surface area contributed by atoms with Crippen molar-refractivity contribution in [2.24, 2.45) is 11.8 Å². The summed E-state index contributed by atoms with van der Waals surface area (Å²) in [5.41, 5.74) is 0. The molecule has 2 rings (SSSR count). The Morgan fingerprint density at radius 1 is 0.833 bits per heavy atom. The van der Waals surface area contributed by atoms with Gasteiger partial charge in [-0.05, 0) is 25.7 Å². The Labute approximate surface area is 122 Å². The predicted octanol–water partition coefficient (Wildman–Crippen LogP) is 4.16. The van der Waals surface area contributed by atoms with Crippen LogP contribution in [0.4, 0.5) is 0 Å². The fraction of sp³-hybridized carbons (Fsp3) is 0.800. The zero-order chi connectivity index (χ0) is 12.1. The molecule has 0 atom stereocenters. The standard InChI is InChI=1S/C15H24O2.V/c16-14(12-7-3-1-4-8-12)11-15(17)13-9-5-2-6-10-13;/h11-13,16H,1-10H2;/b14-11-;. The molecular formula is C15H24O2V. The number of carbonyl (C=O) groups excluding carboxylic acids is 1. The van der Waals surface area contributed by atoms with Crippen molar-refractivity contribution in [2.45, 2.75) is 64.2 Å². The molecule has 2 aliphatic carbocycles. The molecule has 2 saturated carbocycles. The molecule has 0 unspecified atom stereocenters. The molecule has 0 aromatic rings. The van der Waals surface area contributed by atoms with Crippen LogP contribution in [0.2, 0.25) is 0 Å². The maximum absolute atomic E-state index is 12.0. The van der Waals surface area contributed by atoms with Gasteiger partial charge < -0.3 is 5.11 Å². The van der Waals surface area contributed by atoms with Gasteiger partial charge in [0.1, 0.15) is 0 Å². The van der Waals surface area contributed by atoms with Crippen LogP contribution in [0.15, 0.2) is 11.8 Å². The summed E-state index contributed by atoms with van der Waals surface area (Å²) in [5, 5.41) is 10.0. The van der Waals surface area contributed by atoms with E-state index in [2.05, 4.69) is 0 Å². The first-order valence-electron chi connectivity index (χ1n) is 7.22. The Morgan fingerprint density at radius 3 is 1.78 bits per heavy atom. The third-order valence-electron chi connectivity index (χ3n) is 4.32. The Kier molecular flexibility index (Phi) is 7.10. The van der Waals surface area contributed by atoms with Crippen LogP contribution in [0.3, 0.4) is 0 Å². The summed E-state index contributed by atoms with van der Waals surface area (Å²) in [6.45, 7) is 0. The fourth-order valence-corrected chi connectivity index (χ4v) is 3.17. The molecule has 3 heteroatoms. The number of aliphatic hydroxyl groups excluding tert-OH is 1. The third kappa shape index (κ3) is 4.47. The van der Waals surface area contributed by atoms with Crippen LogP contribution in [0.1, 0.15) is 64.2 Å². The van der Waals surface area contributed by atoms with E-state index in [1.165, 1.54) is 38.5 Å². The summed E-state index contributed by atoms with van der Waals surface area (Å²) in [5.74, 6) is 0.985. The van der Waals surface area contributed by atoms with Gasteiger partial charge >= 0.3 is 0 Å². The Morgan fingerprint density at radius 2 is 1.28 bits per heavy atom. The maximum Gasteiger partial charge on any atom is 0.162 e. The molecule has 1 radical (unpaired) electrons. The van der Waals surface area contributed by atoms with E-state index in [4.69, 9.17) is 0 Å². The minimum atomic E-state index is 0. The molecule has 101 valence electrons. The number of carbonyl (C=O) groups is 1. The number of rotatable bonds is 3. The molecule has 0 bridgehead atoms. The maximum atomic E-state index is 12.0. The first-order valence-corrected chi connectivity index (χ1v) is 7.22. The van der Waals surface area contributed by atoms with Crippen molar-refractivity contribution in [1.29, 1.82) is 0 Å². The summed E-state index contributed by atoms with van der Waals surface area (Å²) in [4.78, 5) is 12.0. The van der Waals surface area contributed by atoms with Crippen LogP contribution in [-0.2, 0) is 23.4 Å². The molecule has 2 aliphatic rings. The van der Waals surface area contributed by atoms with E-state index < -0.39 is 0 Å². The van der Waals surface area contributed by atoms with Gasteiger partial charge in [-0.15, -0.1) is 0 Å². The first kappa shape index (κ1) is 15.9. The van der Waals surface area contributed by atoms with Gasteiger partial charge in [0.2, 0.25) is 0 Å². The monoisotopic (exact) mass is 287 g/mol. The van der Waals surface area contributed by atoms with Gasteiger partial charge in [-0.1, -0.05) is 38.5 Å². The van der Waals surface area contributed by atoms with Crippen LogP contribution in [0.5, 0.6) is 0 Å². The van der Waals surface area contributed by atoms with Crippen molar-refractivity contribution in [2.75, 3.05) is 0 Å². The van der Waals surface area contributed by atoms with Crippen LogP contribution in [0.25, 0.3) is 0 Å². The van der Waals surface area contributed by atoms with E-state index in [0.29, 0.717) is 5.76 Å². The number of hydrogen-bond acceptors (Lipinski definition) is 2. The van der Waals surface area contributed by atoms with E-state index in [1.54, 1.807) is 6.08 Å². The van der Waals surface area contributed by atoms with Gasteiger partial charge in [0, 0.05) is 36.5 Å². The Hall–Kier alpha value is -0.206. The van der Waals surface area contributed by atoms with E-state index in [9.17, 15) is 9.90 Å². The molecule has 0 aromatic heterocycles. The van der Waals surface area contributed by atoms with E-state index >= 15 is 0 Å². The quantitative estimate of drug-likeness (QED) is 0.625. The average molecular weight is 287 g/mol. The van der Waals surface area contributed by atoms with Crippen LogP contribution in [-0.4, -0.2) is 10.9 Å². The largest absolute Gasteiger partial charge is 0.512 e. The Bertz CT molecular complexity index is 287. The second-order valence-corrected chi connectivity index (χ2v) is 5.64. The van der Waals surface area contributed by atoms with Crippen LogP contribution >= 0.6 is 0 Å². The van der Waals surface area contributed by atoms with E-state index in [1.807, 2.05) is 0 Å². The number of allylic oxidation sites excluding steroid dienone is 2.